The Hall–Kier alpha value is -0.780. The van der Waals surface area contributed by atoms with Crippen LogP contribution in [-0.2, 0) is 11.2 Å². The summed E-state index contributed by atoms with van der Waals surface area (Å²) in [5.41, 5.74) is 1.23. The Balaban J connectivity index is 2.38. The molecule has 0 saturated heterocycles. The van der Waals surface area contributed by atoms with E-state index in [-0.39, 0.29) is 6.10 Å². The van der Waals surface area contributed by atoms with E-state index < -0.39 is 6.16 Å². The number of hydrogen-bond acceptors (Lipinski definition) is 2. The highest BCUT2D eigenvalue weighted by molar-refractivity contribution is 14.1. The Morgan fingerprint density at radius 2 is 1.90 bits per heavy atom. The van der Waals surface area contributed by atoms with E-state index in [1.807, 2.05) is 0 Å². The van der Waals surface area contributed by atoms with E-state index in [9.17, 15) is 4.79 Å². The molecule has 1 rings (SSSR count). The van der Waals surface area contributed by atoms with Gasteiger partial charge in [0.25, 0.3) is 0 Å². The molecule has 1 aromatic carbocycles. The third-order valence-corrected chi connectivity index (χ3v) is 4.03. The van der Waals surface area contributed by atoms with E-state index >= 15 is 0 Å². The summed E-state index contributed by atoms with van der Waals surface area (Å²) >= 11 is 2.28. The summed E-state index contributed by atoms with van der Waals surface area (Å²) < 4.78 is 6.20. The summed E-state index contributed by atoms with van der Waals surface area (Å²) in [5.74, 6) is 0. The molecule has 0 amide bonds. The highest BCUT2D eigenvalue weighted by atomic mass is 127. The van der Waals surface area contributed by atoms with Gasteiger partial charge in [-0.2, -0.15) is 0 Å². The maximum absolute atomic E-state index is 10.7. The minimum absolute atomic E-state index is 0.177. The van der Waals surface area contributed by atoms with Gasteiger partial charge >= 0.3 is 6.16 Å². The zero-order valence-corrected chi connectivity index (χ0v) is 14.1. The molecule has 0 heterocycles. The van der Waals surface area contributed by atoms with Gasteiger partial charge in [0.2, 0.25) is 0 Å². The molecule has 3 nitrogen and oxygen atoms in total. The van der Waals surface area contributed by atoms with Crippen LogP contribution < -0.4 is 0 Å². The summed E-state index contributed by atoms with van der Waals surface area (Å²) in [7, 11) is 0. The van der Waals surface area contributed by atoms with E-state index in [1.165, 1.54) is 22.0 Å². The summed E-state index contributed by atoms with van der Waals surface area (Å²) in [6.07, 6.45) is 5.71. The van der Waals surface area contributed by atoms with Crippen molar-refractivity contribution in [3.8, 4) is 0 Å². The quantitative estimate of drug-likeness (QED) is 0.356. The van der Waals surface area contributed by atoms with Crippen molar-refractivity contribution < 1.29 is 14.6 Å². The predicted octanol–water partition coefficient (Wildman–Crippen LogP) is 5.26. The van der Waals surface area contributed by atoms with Crippen molar-refractivity contribution in [1.82, 2.24) is 0 Å². The van der Waals surface area contributed by atoms with Crippen LogP contribution in [0.3, 0.4) is 0 Å². The maximum atomic E-state index is 10.7. The number of unbranched alkanes of at least 4 members (excludes halogenated alkanes) is 3. The maximum Gasteiger partial charge on any atom is 0.506 e. The van der Waals surface area contributed by atoms with Crippen molar-refractivity contribution in [2.45, 2.75) is 58.0 Å². The fraction of sp³-hybridized carbons (Fsp3) is 0.562. The number of aryl methyl sites for hydroxylation is 1. The molecular formula is C16H23IO3. The molecule has 0 saturated carbocycles. The smallest absolute Gasteiger partial charge is 0.450 e. The first-order valence-electron chi connectivity index (χ1n) is 7.26. The lowest BCUT2D eigenvalue weighted by Gasteiger charge is -2.16. The average molecular weight is 390 g/mol. The normalized spacial score (nSPS) is 12.1. The number of carboxylic acid groups (broad SMARTS) is 1. The van der Waals surface area contributed by atoms with Crippen molar-refractivity contribution in [3.63, 3.8) is 0 Å². The lowest BCUT2D eigenvalue weighted by Crippen LogP contribution is -2.17. The minimum Gasteiger partial charge on any atom is -0.450 e. The molecule has 1 atom stereocenters. The summed E-state index contributed by atoms with van der Waals surface area (Å²) in [4.78, 5) is 10.7. The first kappa shape index (κ1) is 17.3. The summed E-state index contributed by atoms with van der Waals surface area (Å²) in [5, 5.41) is 8.80. The van der Waals surface area contributed by atoms with Gasteiger partial charge in [-0.05, 0) is 66.0 Å². The van der Waals surface area contributed by atoms with Gasteiger partial charge in [0.15, 0.2) is 0 Å². The Kier molecular flexibility index (Phi) is 8.65. The molecule has 1 N–H and O–H groups in total. The van der Waals surface area contributed by atoms with Crippen molar-refractivity contribution in [2.24, 2.45) is 0 Å². The fourth-order valence-corrected chi connectivity index (χ4v) is 2.54. The molecule has 0 fully saturated rings. The lowest BCUT2D eigenvalue weighted by atomic mass is 10.0. The topological polar surface area (TPSA) is 46.5 Å². The molecule has 0 aliphatic carbocycles. The molecule has 4 heteroatoms. The minimum atomic E-state index is -1.16. The summed E-state index contributed by atoms with van der Waals surface area (Å²) in [6.45, 7) is 2.17. The number of rotatable bonds is 9. The highest BCUT2D eigenvalue weighted by Gasteiger charge is 2.13. The van der Waals surface area contributed by atoms with E-state index in [1.54, 1.807) is 0 Å². The standard InChI is InChI=1S/C16H23IO3/c1-2-3-4-5-6-15(20-16(18)19)12-9-13-7-10-14(17)11-8-13/h7-8,10-11,15H,2-6,9,12H2,1H3,(H,18,19). The number of halogens is 1. The van der Waals surface area contributed by atoms with Crippen LogP contribution in [0.5, 0.6) is 0 Å². The highest BCUT2D eigenvalue weighted by Crippen LogP contribution is 2.15. The van der Waals surface area contributed by atoms with Crippen LogP contribution in [0.1, 0.15) is 51.0 Å². The predicted molar refractivity (Wildman–Crippen MR) is 89.1 cm³/mol. The van der Waals surface area contributed by atoms with Crippen LogP contribution in [0.15, 0.2) is 24.3 Å². The van der Waals surface area contributed by atoms with Crippen molar-refractivity contribution >= 4 is 28.7 Å². The van der Waals surface area contributed by atoms with Crippen LogP contribution in [0, 0.1) is 3.57 Å². The molecule has 0 aliphatic heterocycles. The SMILES string of the molecule is CCCCCCC(CCc1ccc(I)cc1)OC(=O)O. The van der Waals surface area contributed by atoms with Crippen molar-refractivity contribution in [3.05, 3.63) is 33.4 Å². The van der Waals surface area contributed by atoms with Crippen molar-refractivity contribution in [2.75, 3.05) is 0 Å². The Morgan fingerprint density at radius 1 is 1.20 bits per heavy atom. The zero-order chi connectivity index (χ0) is 14.8. The van der Waals surface area contributed by atoms with Gasteiger partial charge < -0.3 is 9.84 Å². The van der Waals surface area contributed by atoms with E-state index in [2.05, 4.69) is 53.8 Å². The second-order valence-corrected chi connectivity index (χ2v) is 6.27. The van der Waals surface area contributed by atoms with Crippen LogP contribution in [0.4, 0.5) is 4.79 Å². The summed E-state index contributed by atoms with van der Waals surface area (Å²) in [6, 6.07) is 8.34. The molecule has 20 heavy (non-hydrogen) atoms. The van der Waals surface area contributed by atoms with Crippen LogP contribution >= 0.6 is 22.6 Å². The van der Waals surface area contributed by atoms with Crippen molar-refractivity contribution in [1.29, 1.82) is 0 Å². The molecule has 1 unspecified atom stereocenters. The zero-order valence-electron chi connectivity index (χ0n) is 12.0. The van der Waals surface area contributed by atoms with Crippen LogP contribution in [0.25, 0.3) is 0 Å². The Morgan fingerprint density at radius 3 is 2.50 bits per heavy atom. The van der Waals surface area contributed by atoms with Gasteiger partial charge in [-0.25, -0.2) is 4.79 Å². The first-order chi connectivity index (χ1) is 9.61. The molecule has 0 bridgehead atoms. The monoisotopic (exact) mass is 390 g/mol. The molecule has 0 spiro atoms. The van der Waals surface area contributed by atoms with Crippen LogP contribution in [0.2, 0.25) is 0 Å². The molecule has 1 aromatic rings. The molecule has 112 valence electrons. The van der Waals surface area contributed by atoms with E-state index in [4.69, 9.17) is 9.84 Å². The number of benzene rings is 1. The Bertz CT molecular complexity index is 389. The Labute approximate surface area is 134 Å². The average Bonchev–Trinajstić information content (AvgIpc) is 2.42. The van der Waals surface area contributed by atoms with Gasteiger partial charge in [0, 0.05) is 3.57 Å². The second-order valence-electron chi connectivity index (χ2n) is 5.02. The van der Waals surface area contributed by atoms with E-state index in [0.29, 0.717) is 0 Å². The first-order valence-corrected chi connectivity index (χ1v) is 8.33. The van der Waals surface area contributed by atoms with Gasteiger partial charge in [-0.1, -0.05) is 38.3 Å². The van der Waals surface area contributed by atoms with Gasteiger partial charge in [0.05, 0.1) is 0 Å². The van der Waals surface area contributed by atoms with Crippen LogP contribution in [-0.4, -0.2) is 17.4 Å². The second kappa shape index (κ2) is 10.0. The van der Waals surface area contributed by atoms with Gasteiger partial charge in [-0.3, -0.25) is 0 Å². The largest absolute Gasteiger partial charge is 0.506 e. The third kappa shape index (κ3) is 7.72. The number of carbonyl (C=O) groups is 1. The number of ether oxygens (including phenoxy) is 1. The molecule has 0 aromatic heterocycles. The third-order valence-electron chi connectivity index (χ3n) is 3.32. The molecular weight excluding hydrogens is 367 g/mol. The lowest BCUT2D eigenvalue weighted by molar-refractivity contribution is 0.0435. The van der Waals surface area contributed by atoms with Gasteiger partial charge in [0.1, 0.15) is 6.10 Å². The number of hydrogen-bond donors (Lipinski definition) is 1. The molecule has 0 radical (unpaired) electrons. The fourth-order valence-electron chi connectivity index (χ4n) is 2.18. The molecule has 0 aliphatic rings. The van der Waals surface area contributed by atoms with Gasteiger partial charge in [-0.15, -0.1) is 0 Å². The van der Waals surface area contributed by atoms with E-state index in [0.717, 1.165) is 32.1 Å².